The van der Waals surface area contributed by atoms with Crippen LogP contribution in [-0.2, 0) is 25.5 Å². The normalized spacial score (nSPS) is 23.0. The second-order valence-electron chi connectivity index (χ2n) is 10.6. The molecule has 1 aliphatic carbocycles. The molecule has 13 heteroatoms. The van der Waals surface area contributed by atoms with Crippen LogP contribution in [0.4, 0.5) is 20.3 Å². The van der Waals surface area contributed by atoms with Crippen molar-refractivity contribution in [2.75, 3.05) is 42.5 Å². The standard InChI is InChI=1S/C27H32ClF2N5O4S/c28-23-16-20(27(29,30)19-5-3-18(4-6-19)26(31)37)17-24(32-23)33-12-14-34(15-13-33)40(38,39)22-9-7-21(8-10-22)35-11-1-2-25(35)36/h7-10,16-19H,1-6,11-15H2,(H2,31,37)/t18-,19-. The summed E-state index contributed by atoms with van der Waals surface area (Å²) in [5.74, 6) is -4.63. The molecule has 3 aliphatic rings. The fraction of sp³-hybridized carbons (Fsp3) is 0.519. The van der Waals surface area contributed by atoms with E-state index < -0.39 is 27.8 Å². The second kappa shape index (κ2) is 11.2. The van der Waals surface area contributed by atoms with Gasteiger partial charge in [0.25, 0.3) is 5.92 Å². The van der Waals surface area contributed by atoms with Gasteiger partial charge in [-0.1, -0.05) is 11.6 Å². The average molecular weight is 596 g/mol. The zero-order valence-corrected chi connectivity index (χ0v) is 23.5. The van der Waals surface area contributed by atoms with Crippen LogP contribution < -0.4 is 15.5 Å². The number of aromatic nitrogens is 1. The fourth-order valence-electron chi connectivity index (χ4n) is 5.84. The van der Waals surface area contributed by atoms with E-state index in [1.54, 1.807) is 21.9 Å². The van der Waals surface area contributed by atoms with E-state index >= 15 is 8.78 Å². The number of sulfonamides is 1. The lowest BCUT2D eigenvalue weighted by Crippen LogP contribution is -2.49. The molecular formula is C27H32ClF2N5O4S. The number of pyridine rings is 1. The largest absolute Gasteiger partial charge is 0.369 e. The molecular weight excluding hydrogens is 564 g/mol. The predicted molar refractivity (Wildman–Crippen MR) is 147 cm³/mol. The number of piperazine rings is 1. The molecule has 3 fully saturated rings. The number of alkyl halides is 2. The molecule has 2 aliphatic heterocycles. The highest BCUT2D eigenvalue weighted by molar-refractivity contribution is 7.89. The maximum atomic E-state index is 15.5. The van der Waals surface area contributed by atoms with Crippen molar-refractivity contribution < 1.29 is 26.8 Å². The second-order valence-corrected chi connectivity index (χ2v) is 13.0. The number of rotatable bonds is 7. The average Bonchev–Trinajstić information content (AvgIpc) is 3.38. The van der Waals surface area contributed by atoms with Gasteiger partial charge in [-0.25, -0.2) is 22.2 Å². The summed E-state index contributed by atoms with van der Waals surface area (Å²) in [7, 11) is -3.78. The van der Waals surface area contributed by atoms with Crippen LogP contribution >= 0.6 is 11.6 Å². The lowest BCUT2D eigenvalue weighted by Gasteiger charge is -2.36. The van der Waals surface area contributed by atoms with Crippen molar-refractivity contribution in [1.82, 2.24) is 9.29 Å². The van der Waals surface area contributed by atoms with Crippen molar-refractivity contribution in [2.24, 2.45) is 17.6 Å². The highest BCUT2D eigenvalue weighted by atomic mass is 35.5. The topological polar surface area (TPSA) is 117 Å². The minimum absolute atomic E-state index is 0.0257. The Balaban J connectivity index is 1.25. The Bertz CT molecular complexity index is 1380. The number of carbonyl (C=O) groups is 2. The first-order chi connectivity index (χ1) is 19.0. The molecule has 216 valence electrons. The molecule has 2 amide bonds. The Hall–Kier alpha value is -2.83. The van der Waals surface area contributed by atoms with Crippen LogP contribution in [0.5, 0.6) is 0 Å². The van der Waals surface area contributed by atoms with Crippen LogP contribution in [-0.4, -0.2) is 62.2 Å². The summed E-state index contributed by atoms with van der Waals surface area (Å²) in [5.41, 5.74) is 5.78. The monoisotopic (exact) mass is 595 g/mol. The molecule has 0 bridgehead atoms. The summed E-state index contributed by atoms with van der Waals surface area (Å²) >= 11 is 6.17. The number of hydrogen-bond donors (Lipinski definition) is 1. The number of carbonyl (C=O) groups excluding carboxylic acids is 2. The maximum absolute atomic E-state index is 15.5. The van der Waals surface area contributed by atoms with E-state index in [9.17, 15) is 18.0 Å². The molecule has 5 rings (SSSR count). The van der Waals surface area contributed by atoms with Crippen molar-refractivity contribution in [3.05, 3.63) is 47.1 Å². The van der Waals surface area contributed by atoms with E-state index in [0.717, 1.165) is 6.42 Å². The molecule has 2 N–H and O–H groups in total. The molecule has 9 nitrogen and oxygen atoms in total. The lowest BCUT2D eigenvalue weighted by atomic mass is 9.77. The first kappa shape index (κ1) is 28.7. The molecule has 2 saturated heterocycles. The summed E-state index contributed by atoms with van der Waals surface area (Å²) in [6, 6.07) is 8.80. The third-order valence-corrected chi connectivity index (χ3v) is 10.3. The van der Waals surface area contributed by atoms with Gasteiger partial charge in [0.05, 0.1) is 4.90 Å². The first-order valence-corrected chi connectivity index (χ1v) is 15.3. The zero-order valence-electron chi connectivity index (χ0n) is 21.9. The van der Waals surface area contributed by atoms with E-state index in [4.69, 9.17) is 17.3 Å². The molecule has 2 aromatic rings. The van der Waals surface area contributed by atoms with Gasteiger partial charge in [0.1, 0.15) is 11.0 Å². The van der Waals surface area contributed by atoms with E-state index in [0.29, 0.717) is 31.5 Å². The van der Waals surface area contributed by atoms with E-state index in [1.165, 1.54) is 28.6 Å². The number of hydrogen-bond acceptors (Lipinski definition) is 6. The van der Waals surface area contributed by atoms with Crippen molar-refractivity contribution in [2.45, 2.75) is 49.3 Å². The summed E-state index contributed by atoms with van der Waals surface area (Å²) < 4.78 is 58.9. The van der Waals surface area contributed by atoms with Gasteiger partial charge in [0.2, 0.25) is 21.8 Å². The van der Waals surface area contributed by atoms with Crippen LogP contribution in [0.3, 0.4) is 0 Å². The minimum Gasteiger partial charge on any atom is -0.369 e. The van der Waals surface area contributed by atoms with Gasteiger partial charge in [-0.15, -0.1) is 0 Å². The van der Waals surface area contributed by atoms with E-state index in [2.05, 4.69) is 4.98 Å². The molecule has 0 atom stereocenters. The Labute approximate surface area is 237 Å². The number of primary amides is 1. The van der Waals surface area contributed by atoms with Crippen LogP contribution in [0.1, 0.15) is 44.1 Å². The number of nitrogens with zero attached hydrogens (tertiary/aromatic N) is 4. The summed E-state index contributed by atoms with van der Waals surface area (Å²) in [6.07, 6.45) is 2.29. The third kappa shape index (κ3) is 5.66. The number of benzene rings is 1. The maximum Gasteiger partial charge on any atom is 0.276 e. The van der Waals surface area contributed by atoms with Gasteiger partial charge in [0, 0.05) is 62.2 Å². The summed E-state index contributed by atoms with van der Waals surface area (Å²) in [6.45, 7) is 1.41. The van der Waals surface area contributed by atoms with E-state index in [-0.39, 0.29) is 72.3 Å². The Morgan fingerprint density at radius 2 is 1.65 bits per heavy atom. The van der Waals surface area contributed by atoms with Gasteiger partial charge in [-0.3, -0.25) is 9.59 Å². The van der Waals surface area contributed by atoms with Gasteiger partial charge in [0.15, 0.2) is 0 Å². The van der Waals surface area contributed by atoms with Crippen molar-refractivity contribution in [3.63, 3.8) is 0 Å². The molecule has 0 radical (unpaired) electrons. The molecule has 1 aromatic carbocycles. The molecule has 0 unspecified atom stereocenters. The van der Waals surface area contributed by atoms with Gasteiger partial charge >= 0.3 is 0 Å². The van der Waals surface area contributed by atoms with Gasteiger partial charge in [-0.05, 0) is 68.5 Å². The highest BCUT2D eigenvalue weighted by Crippen LogP contribution is 2.46. The van der Waals surface area contributed by atoms with Crippen molar-refractivity contribution >= 4 is 44.9 Å². The van der Waals surface area contributed by atoms with Crippen LogP contribution in [0, 0.1) is 11.8 Å². The Morgan fingerprint density at radius 1 is 1.00 bits per heavy atom. The third-order valence-electron chi connectivity index (χ3n) is 8.23. The number of halogens is 3. The molecule has 1 aromatic heterocycles. The first-order valence-electron chi connectivity index (χ1n) is 13.5. The molecule has 0 spiro atoms. The Morgan fingerprint density at radius 3 is 2.23 bits per heavy atom. The quantitative estimate of drug-likeness (QED) is 0.487. The number of anilines is 2. The minimum atomic E-state index is -3.78. The highest BCUT2D eigenvalue weighted by Gasteiger charge is 2.44. The summed E-state index contributed by atoms with van der Waals surface area (Å²) in [4.78, 5) is 31.2. The number of amides is 2. The van der Waals surface area contributed by atoms with Crippen molar-refractivity contribution in [1.29, 1.82) is 0 Å². The Kier molecular flexibility index (Phi) is 8.04. The summed E-state index contributed by atoms with van der Waals surface area (Å²) in [5, 5.41) is -0.0652. The van der Waals surface area contributed by atoms with Gasteiger partial charge in [-0.2, -0.15) is 4.31 Å². The van der Waals surface area contributed by atoms with Gasteiger partial charge < -0.3 is 15.5 Å². The number of nitrogens with two attached hydrogens (primary N) is 1. The van der Waals surface area contributed by atoms with Crippen LogP contribution in [0.15, 0.2) is 41.3 Å². The molecule has 40 heavy (non-hydrogen) atoms. The van der Waals surface area contributed by atoms with Crippen LogP contribution in [0.25, 0.3) is 0 Å². The predicted octanol–water partition coefficient (Wildman–Crippen LogP) is 3.76. The SMILES string of the molecule is NC(=O)[C@H]1CC[C@H](C(F)(F)c2cc(Cl)nc(N3CCN(S(=O)(=O)c4ccc(N5CCCC5=O)cc4)CC3)c2)CC1. The van der Waals surface area contributed by atoms with Crippen molar-refractivity contribution in [3.8, 4) is 0 Å². The smallest absolute Gasteiger partial charge is 0.276 e. The van der Waals surface area contributed by atoms with E-state index in [1.807, 2.05) is 0 Å². The molecule has 1 saturated carbocycles. The fourth-order valence-corrected chi connectivity index (χ4v) is 7.47. The zero-order chi connectivity index (χ0) is 28.7. The molecule has 3 heterocycles. The lowest BCUT2D eigenvalue weighted by molar-refractivity contribution is -0.126. The van der Waals surface area contributed by atoms with Crippen LogP contribution in [0.2, 0.25) is 5.15 Å².